The first-order valence-corrected chi connectivity index (χ1v) is 8.14. The van der Waals surface area contributed by atoms with Crippen LogP contribution in [0.1, 0.15) is 16.8 Å². The summed E-state index contributed by atoms with van der Waals surface area (Å²) in [6.07, 6.45) is 0.867. The van der Waals surface area contributed by atoms with Crippen molar-refractivity contribution in [2.75, 3.05) is 41.3 Å². The predicted octanol–water partition coefficient (Wildman–Crippen LogP) is 0.618. The van der Waals surface area contributed by atoms with Crippen molar-refractivity contribution in [3.8, 4) is 0 Å². The van der Waals surface area contributed by atoms with Gasteiger partial charge in [-0.05, 0) is 51.3 Å². The monoisotopic (exact) mass is 313 g/mol. The van der Waals surface area contributed by atoms with Crippen LogP contribution in [0.2, 0.25) is 0 Å². The third-order valence-corrected chi connectivity index (χ3v) is 4.79. The lowest BCUT2D eigenvalue weighted by Crippen LogP contribution is -2.27. The minimum Gasteiger partial charge on any atom is -0.352 e. The average Bonchev–Trinajstić information content (AvgIpc) is 2.43. The van der Waals surface area contributed by atoms with E-state index in [4.69, 9.17) is 0 Å². The van der Waals surface area contributed by atoms with Gasteiger partial charge in [-0.1, -0.05) is 0 Å². The topological polar surface area (TPSA) is 69.7 Å². The number of nitrogens with zero attached hydrogens (tertiary/aromatic N) is 2. The summed E-state index contributed by atoms with van der Waals surface area (Å²) in [5, 5.41) is 2.81. The summed E-state index contributed by atoms with van der Waals surface area (Å²) in [7, 11) is 3.45. The molecule has 0 aliphatic rings. The molecule has 6 nitrogen and oxygen atoms in total. The average molecular weight is 313 g/mol. The highest BCUT2D eigenvalue weighted by molar-refractivity contribution is 7.89. The lowest BCUT2D eigenvalue weighted by Gasteiger charge is -2.12. The normalized spacial score (nSPS) is 11.9. The SMILES string of the molecule is CN(C)CCCNC(=O)c1ccc(S(=O)(=O)N(C)C)cc1. The van der Waals surface area contributed by atoms with Crippen LogP contribution in [0.25, 0.3) is 0 Å². The first-order valence-electron chi connectivity index (χ1n) is 6.70. The summed E-state index contributed by atoms with van der Waals surface area (Å²) in [6, 6.07) is 5.95. The predicted molar refractivity (Wildman–Crippen MR) is 82.8 cm³/mol. The molecule has 0 aliphatic heterocycles. The van der Waals surface area contributed by atoms with E-state index < -0.39 is 10.0 Å². The van der Waals surface area contributed by atoms with E-state index in [-0.39, 0.29) is 10.8 Å². The Kier molecular flexibility index (Phi) is 6.32. The maximum Gasteiger partial charge on any atom is 0.251 e. The van der Waals surface area contributed by atoms with Crippen LogP contribution in [0.15, 0.2) is 29.2 Å². The van der Waals surface area contributed by atoms with Crippen molar-refractivity contribution in [3.63, 3.8) is 0 Å². The lowest BCUT2D eigenvalue weighted by molar-refractivity contribution is 0.0952. The molecule has 0 saturated carbocycles. The Morgan fingerprint density at radius 1 is 1.10 bits per heavy atom. The highest BCUT2D eigenvalue weighted by Gasteiger charge is 2.17. The molecule has 1 N–H and O–H groups in total. The number of sulfonamides is 1. The van der Waals surface area contributed by atoms with Gasteiger partial charge in [0.15, 0.2) is 0 Å². The number of benzene rings is 1. The quantitative estimate of drug-likeness (QED) is 0.749. The summed E-state index contributed by atoms with van der Waals surface area (Å²) in [6.45, 7) is 1.50. The molecule has 0 saturated heterocycles. The van der Waals surface area contributed by atoms with Gasteiger partial charge in [0.25, 0.3) is 5.91 Å². The first kappa shape index (κ1) is 17.6. The lowest BCUT2D eigenvalue weighted by atomic mass is 10.2. The van der Waals surface area contributed by atoms with E-state index in [1.165, 1.54) is 38.4 Å². The molecule has 0 spiro atoms. The first-order chi connectivity index (χ1) is 9.75. The summed E-state index contributed by atoms with van der Waals surface area (Å²) < 4.78 is 25.0. The summed E-state index contributed by atoms with van der Waals surface area (Å²) >= 11 is 0. The number of carbonyl (C=O) groups excluding carboxylic acids is 1. The molecule has 21 heavy (non-hydrogen) atoms. The number of amides is 1. The van der Waals surface area contributed by atoms with Gasteiger partial charge in [-0.15, -0.1) is 0 Å². The molecule has 1 rings (SSSR count). The van der Waals surface area contributed by atoms with Gasteiger partial charge in [0.1, 0.15) is 0 Å². The van der Waals surface area contributed by atoms with E-state index in [2.05, 4.69) is 5.32 Å². The van der Waals surface area contributed by atoms with Crippen molar-refractivity contribution in [3.05, 3.63) is 29.8 Å². The summed E-state index contributed by atoms with van der Waals surface area (Å²) in [5.41, 5.74) is 0.456. The van der Waals surface area contributed by atoms with E-state index in [0.29, 0.717) is 12.1 Å². The van der Waals surface area contributed by atoms with Crippen molar-refractivity contribution < 1.29 is 13.2 Å². The van der Waals surface area contributed by atoms with Gasteiger partial charge in [-0.25, -0.2) is 12.7 Å². The number of nitrogens with one attached hydrogen (secondary N) is 1. The molecule has 0 fully saturated rings. The zero-order valence-corrected chi connectivity index (χ0v) is 13.8. The second kappa shape index (κ2) is 7.53. The van der Waals surface area contributed by atoms with Gasteiger partial charge in [-0.3, -0.25) is 4.79 Å². The molecule has 0 bridgehead atoms. The minimum atomic E-state index is -3.45. The number of hydrogen-bond acceptors (Lipinski definition) is 4. The second-order valence-electron chi connectivity index (χ2n) is 5.22. The Hall–Kier alpha value is -1.44. The standard InChI is InChI=1S/C14H23N3O3S/c1-16(2)11-5-10-15-14(18)12-6-8-13(9-7-12)21(19,20)17(3)4/h6-9H,5,10-11H2,1-4H3,(H,15,18). The van der Waals surface area contributed by atoms with E-state index >= 15 is 0 Å². The van der Waals surface area contributed by atoms with E-state index in [1.807, 2.05) is 19.0 Å². The maximum atomic E-state index is 11.9. The van der Waals surface area contributed by atoms with E-state index in [0.717, 1.165) is 17.3 Å². The fourth-order valence-electron chi connectivity index (χ4n) is 1.69. The maximum absolute atomic E-state index is 11.9. The molecule has 118 valence electrons. The third-order valence-electron chi connectivity index (χ3n) is 2.96. The molecule has 1 aromatic carbocycles. The zero-order chi connectivity index (χ0) is 16.0. The fraction of sp³-hybridized carbons (Fsp3) is 0.500. The highest BCUT2D eigenvalue weighted by Crippen LogP contribution is 2.13. The van der Waals surface area contributed by atoms with Crippen LogP contribution in [-0.4, -0.2) is 64.8 Å². The molecule has 0 unspecified atom stereocenters. The van der Waals surface area contributed by atoms with Crippen LogP contribution in [0.4, 0.5) is 0 Å². The Morgan fingerprint density at radius 2 is 1.67 bits per heavy atom. The molecule has 1 amide bonds. The molecule has 0 aliphatic carbocycles. The molecule has 0 aromatic heterocycles. The Morgan fingerprint density at radius 3 is 2.14 bits per heavy atom. The number of hydrogen-bond donors (Lipinski definition) is 1. The van der Waals surface area contributed by atoms with Gasteiger partial charge >= 0.3 is 0 Å². The number of rotatable bonds is 7. The Bertz CT molecular complexity index is 566. The van der Waals surface area contributed by atoms with Crippen LogP contribution in [-0.2, 0) is 10.0 Å². The third kappa shape index (κ3) is 5.11. The molecular weight excluding hydrogens is 290 g/mol. The van der Waals surface area contributed by atoms with Crippen LogP contribution < -0.4 is 5.32 Å². The largest absolute Gasteiger partial charge is 0.352 e. The molecule has 7 heteroatoms. The molecule has 0 atom stereocenters. The Labute approximate surface area is 126 Å². The van der Waals surface area contributed by atoms with E-state index in [9.17, 15) is 13.2 Å². The van der Waals surface area contributed by atoms with Crippen molar-refractivity contribution in [2.24, 2.45) is 0 Å². The van der Waals surface area contributed by atoms with Crippen molar-refractivity contribution in [1.82, 2.24) is 14.5 Å². The second-order valence-corrected chi connectivity index (χ2v) is 7.38. The zero-order valence-electron chi connectivity index (χ0n) is 13.0. The molecule has 0 radical (unpaired) electrons. The van der Waals surface area contributed by atoms with Crippen LogP contribution in [0.5, 0.6) is 0 Å². The molecule has 0 heterocycles. The van der Waals surface area contributed by atoms with Gasteiger partial charge in [0.2, 0.25) is 10.0 Å². The van der Waals surface area contributed by atoms with Crippen LogP contribution >= 0.6 is 0 Å². The van der Waals surface area contributed by atoms with Crippen LogP contribution in [0.3, 0.4) is 0 Å². The van der Waals surface area contributed by atoms with Gasteiger partial charge in [0.05, 0.1) is 4.90 Å². The highest BCUT2D eigenvalue weighted by atomic mass is 32.2. The van der Waals surface area contributed by atoms with E-state index in [1.54, 1.807) is 0 Å². The van der Waals surface area contributed by atoms with Gasteiger partial charge in [0, 0.05) is 26.2 Å². The van der Waals surface area contributed by atoms with Crippen molar-refractivity contribution in [1.29, 1.82) is 0 Å². The smallest absolute Gasteiger partial charge is 0.251 e. The minimum absolute atomic E-state index is 0.177. The molecule has 1 aromatic rings. The summed E-state index contributed by atoms with van der Waals surface area (Å²) in [4.78, 5) is 14.1. The van der Waals surface area contributed by atoms with Gasteiger partial charge < -0.3 is 10.2 Å². The number of carbonyl (C=O) groups is 1. The fourth-order valence-corrected chi connectivity index (χ4v) is 2.59. The molecular formula is C14H23N3O3S. The van der Waals surface area contributed by atoms with Crippen molar-refractivity contribution >= 4 is 15.9 Å². The van der Waals surface area contributed by atoms with Gasteiger partial charge in [-0.2, -0.15) is 0 Å². The van der Waals surface area contributed by atoms with Crippen molar-refractivity contribution in [2.45, 2.75) is 11.3 Å². The van der Waals surface area contributed by atoms with Crippen LogP contribution in [0, 0.1) is 0 Å². The Balaban J connectivity index is 2.64. The summed E-state index contributed by atoms with van der Waals surface area (Å²) in [5.74, 6) is -0.192.